The van der Waals surface area contributed by atoms with Gasteiger partial charge in [-0.15, -0.1) is 0 Å². The number of ether oxygens (including phenoxy) is 2. The highest BCUT2D eigenvalue weighted by Crippen LogP contribution is 2.20. The van der Waals surface area contributed by atoms with Gasteiger partial charge in [0.2, 0.25) is 0 Å². The first-order valence-electron chi connectivity index (χ1n) is 5.41. The summed E-state index contributed by atoms with van der Waals surface area (Å²) >= 11 is 0. The lowest BCUT2D eigenvalue weighted by atomic mass is 9.90. The summed E-state index contributed by atoms with van der Waals surface area (Å²) in [6.07, 6.45) is 0. The third-order valence-electron chi connectivity index (χ3n) is 2.17. The summed E-state index contributed by atoms with van der Waals surface area (Å²) in [5.41, 5.74) is -0.694. The minimum atomic E-state index is -1.11. The van der Waals surface area contributed by atoms with Gasteiger partial charge >= 0.3 is 11.9 Å². The summed E-state index contributed by atoms with van der Waals surface area (Å²) in [6, 6.07) is 0. The number of carbonyl (C=O) groups excluding carboxylic acids is 3. The molecule has 0 N–H and O–H groups in total. The third-order valence-corrected chi connectivity index (χ3v) is 2.17. The van der Waals surface area contributed by atoms with E-state index < -0.39 is 35.2 Å². The van der Waals surface area contributed by atoms with Crippen molar-refractivity contribution in [2.45, 2.75) is 40.2 Å². The normalized spacial score (nSPS) is 14.7. The fraction of sp³-hybridized carbons (Fsp3) is 0.750. The molecule has 0 bridgehead atoms. The molecule has 1 unspecified atom stereocenters. The molecule has 0 aliphatic carbocycles. The number of hydrogen-bond acceptors (Lipinski definition) is 5. The molecule has 17 heavy (non-hydrogen) atoms. The minimum absolute atomic E-state index is 0.405. The number of hydrogen-bond donors (Lipinski definition) is 0. The first kappa shape index (κ1) is 15.6. The van der Waals surface area contributed by atoms with Crippen molar-refractivity contribution in [3.63, 3.8) is 0 Å². The van der Waals surface area contributed by atoms with Gasteiger partial charge in [0.1, 0.15) is 17.3 Å². The van der Waals surface area contributed by atoms with Crippen LogP contribution in [-0.4, -0.2) is 30.4 Å². The summed E-state index contributed by atoms with van der Waals surface area (Å²) < 4.78 is 9.63. The molecule has 0 fully saturated rings. The molecular formula is C12H20O5. The Morgan fingerprint density at radius 1 is 1.06 bits per heavy atom. The standard InChI is InChI=1S/C12H20O5/c1-7(10(14)16-6)9(8(2)13)11(15)17-12(3,4)5/h7,9H,1-6H3/t7-,9?/m0/s1. The molecule has 0 saturated heterocycles. The van der Waals surface area contributed by atoms with Gasteiger partial charge in [0.25, 0.3) is 0 Å². The van der Waals surface area contributed by atoms with Crippen LogP contribution in [-0.2, 0) is 23.9 Å². The SMILES string of the molecule is COC(=O)[C@@H](C)C(C(C)=O)C(=O)OC(C)(C)C. The highest BCUT2D eigenvalue weighted by atomic mass is 16.6. The fourth-order valence-corrected chi connectivity index (χ4v) is 1.41. The van der Waals surface area contributed by atoms with Crippen LogP contribution in [0.15, 0.2) is 0 Å². The summed E-state index contributed by atoms with van der Waals surface area (Å²) in [7, 11) is 1.21. The van der Waals surface area contributed by atoms with E-state index in [2.05, 4.69) is 4.74 Å². The molecular weight excluding hydrogens is 224 g/mol. The van der Waals surface area contributed by atoms with Crippen LogP contribution in [0.1, 0.15) is 34.6 Å². The van der Waals surface area contributed by atoms with Crippen molar-refractivity contribution in [3.8, 4) is 0 Å². The second kappa shape index (κ2) is 5.80. The fourth-order valence-electron chi connectivity index (χ4n) is 1.41. The Morgan fingerprint density at radius 2 is 1.53 bits per heavy atom. The second-order valence-corrected chi connectivity index (χ2v) is 4.93. The van der Waals surface area contributed by atoms with E-state index in [1.807, 2.05) is 0 Å². The van der Waals surface area contributed by atoms with Crippen molar-refractivity contribution in [1.29, 1.82) is 0 Å². The lowest BCUT2D eigenvalue weighted by Crippen LogP contribution is -2.38. The van der Waals surface area contributed by atoms with E-state index in [0.717, 1.165) is 0 Å². The monoisotopic (exact) mass is 244 g/mol. The van der Waals surface area contributed by atoms with Crippen molar-refractivity contribution in [2.75, 3.05) is 7.11 Å². The van der Waals surface area contributed by atoms with E-state index >= 15 is 0 Å². The van der Waals surface area contributed by atoms with E-state index in [1.54, 1.807) is 20.8 Å². The van der Waals surface area contributed by atoms with Crippen molar-refractivity contribution >= 4 is 17.7 Å². The third kappa shape index (κ3) is 4.97. The first-order valence-corrected chi connectivity index (χ1v) is 5.41. The Kier molecular flexibility index (Phi) is 5.32. The molecule has 0 aromatic heterocycles. The molecule has 0 spiro atoms. The van der Waals surface area contributed by atoms with Gasteiger partial charge in [-0.3, -0.25) is 14.4 Å². The molecule has 5 nitrogen and oxygen atoms in total. The van der Waals surface area contributed by atoms with E-state index in [4.69, 9.17) is 4.74 Å². The number of rotatable bonds is 4. The zero-order chi connectivity index (χ0) is 13.8. The van der Waals surface area contributed by atoms with Crippen LogP contribution in [0.5, 0.6) is 0 Å². The van der Waals surface area contributed by atoms with Crippen LogP contribution < -0.4 is 0 Å². The van der Waals surface area contributed by atoms with Crippen LogP contribution in [0.3, 0.4) is 0 Å². The number of ketones is 1. The van der Waals surface area contributed by atoms with Crippen LogP contribution in [0, 0.1) is 11.8 Å². The van der Waals surface area contributed by atoms with E-state index in [-0.39, 0.29) is 0 Å². The number of esters is 2. The topological polar surface area (TPSA) is 69.7 Å². The molecule has 0 heterocycles. The largest absolute Gasteiger partial charge is 0.469 e. The Morgan fingerprint density at radius 3 is 1.82 bits per heavy atom. The molecule has 0 aromatic carbocycles. The summed E-state index contributed by atoms with van der Waals surface area (Å²) in [5.74, 6) is -3.65. The maximum atomic E-state index is 11.8. The van der Waals surface area contributed by atoms with E-state index in [0.29, 0.717) is 0 Å². The molecule has 0 aliphatic rings. The average molecular weight is 244 g/mol. The Bertz CT molecular complexity index is 313. The van der Waals surface area contributed by atoms with Crippen LogP contribution in [0.4, 0.5) is 0 Å². The second-order valence-electron chi connectivity index (χ2n) is 4.93. The Balaban J connectivity index is 4.93. The summed E-state index contributed by atoms with van der Waals surface area (Å²) in [5, 5.41) is 0. The molecule has 0 saturated carbocycles. The van der Waals surface area contributed by atoms with E-state index in [1.165, 1.54) is 21.0 Å². The molecule has 0 aliphatic heterocycles. The molecule has 5 heteroatoms. The van der Waals surface area contributed by atoms with Gasteiger partial charge in [-0.25, -0.2) is 0 Å². The lowest BCUT2D eigenvalue weighted by molar-refractivity contribution is -0.168. The maximum Gasteiger partial charge on any atom is 0.317 e. The number of Topliss-reactive ketones (excluding diaryl/α,β-unsaturated/α-hetero) is 1. The number of carbonyl (C=O) groups is 3. The smallest absolute Gasteiger partial charge is 0.317 e. The van der Waals surface area contributed by atoms with Crippen LogP contribution in [0.25, 0.3) is 0 Å². The molecule has 0 amide bonds. The molecule has 0 aromatic rings. The average Bonchev–Trinajstić information content (AvgIpc) is 2.12. The minimum Gasteiger partial charge on any atom is -0.469 e. The zero-order valence-corrected chi connectivity index (χ0v) is 11.2. The van der Waals surface area contributed by atoms with Crippen LogP contribution >= 0.6 is 0 Å². The Hall–Kier alpha value is -1.39. The van der Waals surface area contributed by atoms with Gasteiger partial charge in [-0.1, -0.05) is 6.92 Å². The van der Waals surface area contributed by atoms with Gasteiger partial charge in [0.05, 0.1) is 13.0 Å². The zero-order valence-electron chi connectivity index (χ0n) is 11.2. The van der Waals surface area contributed by atoms with Gasteiger partial charge in [-0.05, 0) is 27.7 Å². The molecule has 0 radical (unpaired) electrons. The molecule has 0 rings (SSSR count). The maximum absolute atomic E-state index is 11.8. The van der Waals surface area contributed by atoms with Gasteiger partial charge < -0.3 is 9.47 Å². The van der Waals surface area contributed by atoms with Gasteiger partial charge in [-0.2, -0.15) is 0 Å². The van der Waals surface area contributed by atoms with Crippen molar-refractivity contribution in [1.82, 2.24) is 0 Å². The van der Waals surface area contributed by atoms with E-state index in [9.17, 15) is 14.4 Å². The van der Waals surface area contributed by atoms with Gasteiger partial charge in [0, 0.05) is 0 Å². The Labute approximate surface area is 101 Å². The highest BCUT2D eigenvalue weighted by molar-refractivity contribution is 6.01. The summed E-state index contributed by atoms with van der Waals surface area (Å²) in [6.45, 7) is 7.83. The predicted octanol–water partition coefficient (Wildman–Crippen LogP) is 1.34. The lowest BCUT2D eigenvalue weighted by Gasteiger charge is -2.24. The highest BCUT2D eigenvalue weighted by Gasteiger charge is 2.37. The van der Waals surface area contributed by atoms with Crippen molar-refractivity contribution in [3.05, 3.63) is 0 Å². The number of methoxy groups -OCH3 is 1. The first-order chi connectivity index (χ1) is 7.60. The van der Waals surface area contributed by atoms with Crippen molar-refractivity contribution < 1.29 is 23.9 Å². The quantitative estimate of drug-likeness (QED) is 0.551. The summed E-state index contributed by atoms with van der Waals surface area (Å²) in [4.78, 5) is 34.6. The molecule has 98 valence electrons. The predicted molar refractivity (Wildman–Crippen MR) is 61.2 cm³/mol. The van der Waals surface area contributed by atoms with Crippen molar-refractivity contribution in [2.24, 2.45) is 11.8 Å². The molecule has 2 atom stereocenters. The van der Waals surface area contributed by atoms with Gasteiger partial charge in [0.15, 0.2) is 0 Å². The van der Waals surface area contributed by atoms with Crippen LogP contribution in [0.2, 0.25) is 0 Å².